The number of carbonyl (C=O) groups excluding carboxylic acids is 4. The first-order chi connectivity index (χ1) is 51.2. The van der Waals surface area contributed by atoms with Gasteiger partial charge in [-0.25, -0.2) is 19.2 Å². The van der Waals surface area contributed by atoms with Crippen LogP contribution in [0.5, 0.6) is 23.0 Å². The molecule has 0 aliphatic rings. The number of ether oxygens (including phenoxy) is 4. The van der Waals surface area contributed by atoms with Gasteiger partial charge in [0.05, 0.1) is 33.6 Å². The van der Waals surface area contributed by atoms with Crippen LogP contribution >= 0.6 is 23.5 Å². The van der Waals surface area contributed by atoms with Crippen molar-refractivity contribution in [3.05, 3.63) is 215 Å². The highest BCUT2D eigenvalue weighted by atomic mass is 32.2. The van der Waals surface area contributed by atoms with E-state index in [0.717, 1.165) is 37.8 Å². The van der Waals surface area contributed by atoms with Crippen molar-refractivity contribution in [1.82, 2.24) is 0 Å². The molecule has 8 rings (SSSR count). The summed E-state index contributed by atoms with van der Waals surface area (Å²) in [5.74, 6) is 1.67. The zero-order valence-corrected chi connectivity index (χ0v) is 64.0. The predicted octanol–water partition coefficient (Wildman–Crippen LogP) is 27.5. The minimum Gasteiger partial charge on any atom is -0.423 e. The number of thioether (sulfide) groups is 2. The molecule has 0 fully saturated rings. The monoisotopic (exact) mass is 1440 g/mol. The van der Waals surface area contributed by atoms with Gasteiger partial charge >= 0.3 is 23.9 Å². The summed E-state index contributed by atoms with van der Waals surface area (Å²) in [6.45, 7) is 4.57. The number of fused-ring (bicyclic) bond motifs is 1. The fourth-order valence-corrected chi connectivity index (χ4v) is 14.5. The van der Waals surface area contributed by atoms with Gasteiger partial charge in [0.2, 0.25) is 0 Å². The van der Waals surface area contributed by atoms with E-state index in [1.807, 2.05) is 84.2 Å². The van der Waals surface area contributed by atoms with E-state index in [1.165, 1.54) is 231 Å². The van der Waals surface area contributed by atoms with Crippen LogP contribution in [0, 0.1) is 0 Å². The van der Waals surface area contributed by atoms with Crippen molar-refractivity contribution in [3.63, 3.8) is 0 Å². The molecule has 8 aromatic rings. The average Bonchev–Trinajstić information content (AvgIpc) is 0.806. The van der Waals surface area contributed by atoms with Gasteiger partial charge in [0.25, 0.3) is 0 Å². The first kappa shape index (κ1) is 81.6. The summed E-state index contributed by atoms with van der Waals surface area (Å²) in [4.78, 5) is 64.4. The molecule has 8 aromatic carbocycles. The second kappa shape index (κ2) is 49.6. The molecule has 0 saturated carbocycles. The van der Waals surface area contributed by atoms with E-state index in [2.05, 4.69) is 23.8 Å². The molecular formula is C92H114N2O8S2. The van der Waals surface area contributed by atoms with Crippen LogP contribution < -0.4 is 18.9 Å². The molecule has 0 amide bonds. The lowest BCUT2D eigenvalue weighted by Crippen LogP contribution is -2.09. The maximum Gasteiger partial charge on any atom is 0.343 e. The number of rotatable bonds is 52. The van der Waals surface area contributed by atoms with Crippen molar-refractivity contribution in [1.29, 1.82) is 0 Å². The Bertz CT molecular complexity index is 3800. The third kappa shape index (κ3) is 32.1. The van der Waals surface area contributed by atoms with Crippen molar-refractivity contribution in [2.75, 3.05) is 11.5 Å². The van der Waals surface area contributed by atoms with Crippen LogP contribution in [0.2, 0.25) is 0 Å². The molecule has 0 aliphatic carbocycles. The number of benzene rings is 8. The van der Waals surface area contributed by atoms with Gasteiger partial charge < -0.3 is 18.9 Å². The van der Waals surface area contributed by atoms with Crippen molar-refractivity contribution in [3.8, 4) is 23.0 Å². The van der Waals surface area contributed by atoms with Crippen LogP contribution in [-0.2, 0) is 0 Å². The lowest BCUT2D eigenvalue weighted by molar-refractivity contribution is 0.0724. The molecule has 104 heavy (non-hydrogen) atoms. The smallest absolute Gasteiger partial charge is 0.343 e. The summed E-state index contributed by atoms with van der Waals surface area (Å²) in [6.07, 6.45) is 53.0. The van der Waals surface area contributed by atoms with E-state index in [9.17, 15) is 19.2 Å². The summed E-state index contributed by atoms with van der Waals surface area (Å²) in [7, 11) is 0. The molecule has 12 heteroatoms. The first-order valence-electron chi connectivity index (χ1n) is 39.6. The fraction of sp³-hybridized carbons (Fsp3) is 0.435. The number of hydrogen-bond acceptors (Lipinski definition) is 12. The second-order valence-corrected chi connectivity index (χ2v) is 30.0. The quantitative estimate of drug-likeness (QED) is 0.0119. The predicted molar refractivity (Wildman–Crippen MR) is 436 cm³/mol. The molecule has 0 spiro atoms. The van der Waals surface area contributed by atoms with Gasteiger partial charge in [0.15, 0.2) is 0 Å². The Balaban J connectivity index is 0.670. The maximum atomic E-state index is 13.5. The Morgan fingerprint density at radius 2 is 0.587 bits per heavy atom. The Hall–Kier alpha value is -8.06. The summed E-state index contributed by atoms with van der Waals surface area (Å²) in [5, 5.41) is 1.39. The minimum atomic E-state index is -0.554. The Morgan fingerprint density at radius 3 is 0.923 bits per heavy atom. The third-order valence-corrected chi connectivity index (χ3v) is 21.2. The summed E-state index contributed by atoms with van der Waals surface area (Å²) >= 11 is 3.68. The zero-order valence-electron chi connectivity index (χ0n) is 62.3. The van der Waals surface area contributed by atoms with Gasteiger partial charge in [0, 0.05) is 27.6 Å². The number of aliphatic imine (C=N–C) groups is 2. The molecule has 0 heterocycles. The normalized spacial score (nSPS) is 11.4. The largest absolute Gasteiger partial charge is 0.423 e. The van der Waals surface area contributed by atoms with Gasteiger partial charge in [-0.1, -0.05) is 275 Å². The fourth-order valence-electron chi connectivity index (χ4n) is 12.7. The molecule has 0 radical (unpaired) electrons. The SMILES string of the molecule is CCCCCCCCCCCCCCCCCCCCSc1ccc(C(=O)Oc2ccc(N=Cc3ccc(C(=O)Oc4ccc5cccc(OC(=O)c6ccc(C=Nc7ccc(OC(=O)c8ccc(SCCCCCCCCCCCCCCCCCCCC)cc8)cc7)cc6)c5c4)cc3)cc2)cc1. The van der Waals surface area contributed by atoms with E-state index in [1.54, 1.807) is 134 Å². The summed E-state index contributed by atoms with van der Waals surface area (Å²) in [6, 6.07) is 53.7. The molecular weight excluding hydrogens is 1330 g/mol. The van der Waals surface area contributed by atoms with Gasteiger partial charge in [-0.3, -0.25) is 9.98 Å². The van der Waals surface area contributed by atoms with Crippen molar-refractivity contribution < 1.29 is 38.1 Å². The maximum absolute atomic E-state index is 13.5. The van der Waals surface area contributed by atoms with Crippen LogP contribution in [-0.4, -0.2) is 47.8 Å². The van der Waals surface area contributed by atoms with Crippen LogP contribution in [0.3, 0.4) is 0 Å². The molecule has 10 nitrogen and oxygen atoms in total. The van der Waals surface area contributed by atoms with E-state index < -0.39 is 23.9 Å². The van der Waals surface area contributed by atoms with Gasteiger partial charge in [-0.2, -0.15) is 0 Å². The standard InChI is InChI=1S/C92H114N2O8S2/c1-3-5-7-9-11-13-15-17-19-21-23-25-27-29-31-33-35-37-68-103-85-64-51-78(52-65-85)89(95)99-82-60-55-80(56-61-82)93-71-73-42-46-76(47-43-73)91(97)101-84-59-50-75-40-39-41-88(87(75)70-84)102-92(98)77-48-44-74(45-49-77)72-94-81-57-62-83(63-58-81)100-90(96)79-53-66-86(67-54-79)104-69-38-36-34-32-30-28-26-24-22-20-18-16-14-12-10-8-6-4-2/h39-67,70-72H,3-38,68-69H2,1-2H3. The lowest BCUT2D eigenvalue weighted by Gasteiger charge is -2.10. The van der Waals surface area contributed by atoms with E-state index in [0.29, 0.717) is 56.3 Å². The van der Waals surface area contributed by atoms with Crippen LogP contribution in [0.25, 0.3) is 10.8 Å². The number of unbranched alkanes of at least 4 members (excludes halogenated alkanes) is 34. The number of nitrogens with zero attached hydrogens (tertiary/aromatic N) is 2. The highest BCUT2D eigenvalue weighted by Crippen LogP contribution is 2.32. The molecule has 0 N–H and O–H groups in total. The molecule has 0 unspecified atom stereocenters. The highest BCUT2D eigenvalue weighted by molar-refractivity contribution is 7.99. The molecule has 0 atom stereocenters. The third-order valence-electron chi connectivity index (χ3n) is 19.1. The van der Waals surface area contributed by atoms with Crippen molar-refractivity contribution >= 4 is 82.0 Å². The Kier molecular flexibility index (Phi) is 38.9. The Labute approximate surface area is 630 Å². The molecule has 0 aliphatic heterocycles. The van der Waals surface area contributed by atoms with Crippen LogP contribution in [0.15, 0.2) is 202 Å². The van der Waals surface area contributed by atoms with Gasteiger partial charge in [0.1, 0.15) is 23.0 Å². The topological polar surface area (TPSA) is 130 Å². The van der Waals surface area contributed by atoms with Crippen molar-refractivity contribution in [2.24, 2.45) is 9.98 Å². The van der Waals surface area contributed by atoms with Crippen molar-refractivity contribution in [2.45, 2.75) is 255 Å². The van der Waals surface area contributed by atoms with Gasteiger partial charge in [-0.05, 0) is 180 Å². The zero-order chi connectivity index (χ0) is 72.7. The summed E-state index contributed by atoms with van der Waals surface area (Å²) in [5.41, 5.74) is 4.55. The van der Waals surface area contributed by atoms with Gasteiger partial charge in [-0.15, -0.1) is 23.5 Å². The summed E-state index contributed by atoms with van der Waals surface area (Å²) < 4.78 is 23.1. The highest BCUT2D eigenvalue weighted by Gasteiger charge is 2.16. The number of hydrogen-bond donors (Lipinski definition) is 0. The van der Waals surface area contributed by atoms with E-state index in [4.69, 9.17) is 18.9 Å². The number of esters is 4. The molecule has 0 saturated heterocycles. The van der Waals surface area contributed by atoms with E-state index >= 15 is 0 Å². The number of carbonyl (C=O) groups is 4. The first-order valence-corrected chi connectivity index (χ1v) is 41.5. The molecule has 0 aromatic heterocycles. The van der Waals surface area contributed by atoms with Crippen LogP contribution in [0.1, 0.15) is 298 Å². The van der Waals surface area contributed by atoms with Crippen LogP contribution in [0.4, 0.5) is 11.4 Å². The Morgan fingerprint density at radius 1 is 0.298 bits per heavy atom. The second-order valence-electron chi connectivity index (χ2n) is 27.7. The lowest BCUT2D eigenvalue weighted by atomic mass is 10.0. The molecule has 0 bridgehead atoms. The minimum absolute atomic E-state index is 0.286. The van der Waals surface area contributed by atoms with E-state index in [-0.39, 0.29) is 5.75 Å². The molecule has 552 valence electrons. The average molecular weight is 1440 g/mol.